The molecule has 0 spiro atoms. The molecule has 17 heavy (non-hydrogen) atoms. The summed E-state index contributed by atoms with van der Waals surface area (Å²) in [5.74, 6) is 0.944. The molecule has 1 saturated heterocycles. The zero-order valence-corrected chi connectivity index (χ0v) is 11.0. The third-order valence-electron chi connectivity index (χ3n) is 2.77. The Labute approximate surface area is 106 Å². The highest BCUT2D eigenvalue weighted by atomic mass is 32.2. The van der Waals surface area contributed by atoms with Crippen LogP contribution in [0, 0.1) is 6.92 Å². The summed E-state index contributed by atoms with van der Waals surface area (Å²) < 4.78 is 0. The zero-order valence-electron chi connectivity index (χ0n) is 10.2. The fourth-order valence-electron chi connectivity index (χ4n) is 1.96. The minimum absolute atomic E-state index is 0.0505. The Hall–Kier alpha value is -1.16. The number of urea groups is 1. The van der Waals surface area contributed by atoms with E-state index in [1.54, 1.807) is 11.8 Å². The molecular formula is C13H18N2OS. The molecule has 2 atom stereocenters. The van der Waals surface area contributed by atoms with Gasteiger partial charge in [-0.25, -0.2) is 4.79 Å². The Morgan fingerprint density at radius 2 is 2.24 bits per heavy atom. The van der Waals surface area contributed by atoms with Crippen molar-refractivity contribution in [3.8, 4) is 0 Å². The number of amides is 2. The Kier molecular flexibility index (Phi) is 3.94. The van der Waals surface area contributed by atoms with Crippen LogP contribution in [0.4, 0.5) is 4.79 Å². The summed E-state index contributed by atoms with van der Waals surface area (Å²) in [6.45, 7) is 4.14. The van der Waals surface area contributed by atoms with Crippen molar-refractivity contribution < 1.29 is 4.79 Å². The molecule has 2 N–H and O–H groups in total. The van der Waals surface area contributed by atoms with Crippen LogP contribution in [-0.4, -0.2) is 17.4 Å². The molecule has 0 bridgehead atoms. The normalized spacial score (nSPS) is 24.0. The van der Waals surface area contributed by atoms with Crippen molar-refractivity contribution in [1.29, 1.82) is 0 Å². The SMILES string of the molecule is Cc1cccc(CSC2CC(C)NC(=O)N2)c1. The van der Waals surface area contributed by atoms with E-state index in [1.807, 2.05) is 6.92 Å². The summed E-state index contributed by atoms with van der Waals surface area (Å²) in [7, 11) is 0. The van der Waals surface area contributed by atoms with E-state index >= 15 is 0 Å². The fraction of sp³-hybridized carbons (Fsp3) is 0.462. The minimum atomic E-state index is -0.0505. The van der Waals surface area contributed by atoms with E-state index in [-0.39, 0.29) is 17.4 Å². The predicted molar refractivity (Wildman–Crippen MR) is 72.0 cm³/mol. The molecule has 0 saturated carbocycles. The first-order valence-electron chi connectivity index (χ1n) is 5.87. The average molecular weight is 250 g/mol. The fourth-order valence-corrected chi connectivity index (χ4v) is 3.15. The molecule has 1 aliphatic rings. The first-order chi connectivity index (χ1) is 8.13. The van der Waals surface area contributed by atoms with Gasteiger partial charge in [-0.2, -0.15) is 0 Å². The van der Waals surface area contributed by atoms with Crippen molar-refractivity contribution in [2.24, 2.45) is 0 Å². The average Bonchev–Trinajstić information content (AvgIpc) is 2.25. The molecule has 4 heteroatoms. The summed E-state index contributed by atoms with van der Waals surface area (Å²) >= 11 is 1.79. The van der Waals surface area contributed by atoms with E-state index in [2.05, 4.69) is 41.8 Å². The number of hydrogen-bond donors (Lipinski definition) is 2. The van der Waals surface area contributed by atoms with Crippen molar-refractivity contribution >= 4 is 17.8 Å². The number of carbonyl (C=O) groups is 1. The van der Waals surface area contributed by atoms with Crippen molar-refractivity contribution in [1.82, 2.24) is 10.6 Å². The molecule has 2 unspecified atom stereocenters. The third kappa shape index (κ3) is 3.66. The Balaban J connectivity index is 1.87. The smallest absolute Gasteiger partial charge is 0.315 e. The van der Waals surface area contributed by atoms with Crippen LogP contribution in [0.3, 0.4) is 0 Å². The molecule has 1 aromatic rings. The molecule has 0 radical (unpaired) electrons. The third-order valence-corrected chi connectivity index (χ3v) is 3.98. The van der Waals surface area contributed by atoms with Crippen LogP contribution >= 0.6 is 11.8 Å². The second kappa shape index (κ2) is 5.45. The maximum atomic E-state index is 11.3. The van der Waals surface area contributed by atoms with Gasteiger partial charge in [0.25, 0.3) is 0 Å². The number of thioether (sulfide) groups is 1. The Bertz CT molecular complexity index is 408. The van der Waals surface area contributed by atoms with E-state index in [9.17, 15) is 4.79 Å². The number of aryl methyl sites for hydroxylation is 1. The second-order valence-electron chi connectivity index (χ2n) is 4.54. The lowest BCUT2D eigenvalue weighted by Crippen LogP contribution is -2.52. The van der Waals surface area contributed by atoms with Crippen LogP contribution in [0.25, 0.3) is 0 Å². The Morgan fingerprint density at radius 1 is 1.41 bits per heavy atom. The summed E-state index contributed by atoms with van der Waals surface area (Å²) in [4.78, 5) is 11.3. The van der Waals surface area contributed by atoms with Crippen LogP contribution in [0.15, 0.2) is 24.3 Å². The molecule has 0 aromatic heterocycles. The van der Waals surface area contributed by atoms with E-state index in [4.69, 9.17) is 0 Å². The van der Waals surface area contributed by atoms with Crippen molar-refractivity contribution in [2.45, 2.75) is 37.4 Å². The molecule has 0 aliphatic carbocycles. The lowest BCUT2D eigenvalue weighted by atomic mass is 10.2. The van der Waals surface area contributed by atoms with Gasteiger partial charge < -0.3 is 10.6 Å². The van der Waals surface area contributed by atoms with Gasteiger partial charge in [0.2, 0.25) is 0 Å². The van der Waals surface area contributed by atoms with Gasteiger partial charge in [0.05, 0.1) is 5.37 Å². The largest absolute Gasteiger partial charge is 0.336 e. The van der Waals surface area contributed by atoms with Crippen molar-refractivity contribution in [2.75, 3.05) is 0 Å². The van der Waals surface area contributed by atoms with E-state index < -0.39 is 0 Å². The van der Waals surface area contributed by atoms with Crippen LogP contribution in [0.1, 0.15) is 24.5 Å². The van der Waals surface area contributed by atoms with Gasteiger partial charge in [-0.1, -0.05) is 29.8 Å². The quantitative estimate of drug-likeness (QED) is 0.866. The van der Waals surface area contributed by atoms with Gasteiger partial charge >= 0.3 is 6.03 Å². The van der Waals surface area contributed by atoms with E-state index in [1.165, 1.54) is 11.1 Å². The number of hydrogen-bond acceptors (Lipinski definition) is 2. The van der Waals surface area contributed by atoms with Crippen LogP contribution < -0.4 is 10.6 Å². The molecule has 2 rings (SSSR count). The molecule has 1 fully saturated rings. The summed E-state index contributed by atoms with van der Waals surface area (Å²) in [6.07, 6.45) is 0.974. The molecule has 3 nitrogen and oxygen atoms in total. The Morgan fingerprint density at radius 3 is 2.94 bits per heavy atom. The van der Waals surface area contributed by atoms with Gasteiger partial charge in [0.15, 0.2) is 0 Å². The lowest BCUT2D eigenvalue weighted by molar-refractivity contribution is 0.228. The summed E-state index contributed by atoms with van der Waals surface area (Å²) in [6, 6.07) is 8.72. The second-order valence-corrected chi connectivity index (χ2v) is 5.73. The summed E-state index contributed by atoms with van der Waals surface area (Å²) in [5.41, 5.74) is 2.60. The lowest BCUT2D eigenvalue weighted by Gasteiger charge is -2.28. The zero-order chi connectivity index (χ0) is 12.3. The van der Waals surface area contributed by atoms with E-state index in [0.717, 1.165) is 12.2 Å². The molecule has 1 heterocycles. The van der Waals surface area contributed by atoms with Gasteiger partial charge in [-0.3, -0.25) is 0 Å². The first-order valence-corrected chi connectivity index (χ1v) is 6.92. The van der Waals surface area contributed by atoms with Crippen LogP contribution in [0.5, 0.6) is 0 Å². The van der Waals surface area contributed by atoms with E-state index in [0.29, 0.717) is 0 Å². The highest BCUT2D eigenvalue weighted by molar-refractivity contribution is 7.99. The number of carbonyl (C=O) groups excluding carboxylic acids is 1. The molecule has 1 aromatic carbocycles. The topological polar surface area (TPSA) is 41.1 Å². The molecular weight excluding hydrogens is 232 g/mol. The maximum Gasteiger partial charge on any atom is 0.315 e. The highest BCUT2D eigenvalue weighted by Crippen LogP contribution is 2.21. The highest BCUT2D eigenvalue weighted by Gasteiger charge is 2.22. The van der Waals surface area contributed by atoms with Gasteiger partial charge in [-0.05, 0) is 25.8 Å². The standard InChI is InChI=1S/C13H18N2OS/c1-9-4-3-5-11(6-9)8-17-12-7-10(2)14-13(16)15-12/h3-6,10,12H,7-8H2,1-2H3,(H2,14,15,16). The van der Waals surface area contributed by atoms with Gasteiger partial charge in [0.1, 0.15) is 0 Å². The van der Waals surface area contributed by atoms with Crippen LogP contribution in [-0.2, 0) is 5.75 Å². The first kappa shape index (κ1) is 12.3. The molecule has 1 aliphatic heterocycles. The number of rotatable bonds is 3. The number of nitrogens with one attached hydrogen (secondary N) is 2. The predicted octanol–water partition coefficient (Wildman–Crippen LogP) is 2.65. The van der Waals surface area contributed by atoms with Crippen molar-refractivity contribution in [3.05, 3.63) is 35.4 Å². The maximum absolute atomic E-state index is 11.3. The number of benzene rings is 1. The molecule has 92 valence electrons. The molecule has 2 amide bonds. The monoisotopic (exact) mass is 250 g/mol. The van der Waals surface area contributed by atoms with Gasteiger partial charge in [0, 0.05) is 11.8 Å². The van der Waals surface area contributed by atoms with Gasteiger partial charge in [-0.15, -0.1) is 11.8 Å². The van der Waals surface area contributed by atoms with Crippen LogP contribution in [0.2, 0.25) is 0 Å². The van der Waals surface area contributed by atoms with Crippen molar-refractivity contribution in [3.63, 3.8) is 0 Å². The minimum Gasteiger partial charge on any atom is -0.336 e. The summed E-state index contributed by atoms with van der Waals surface area (Å²) in [5, 5.41) is 6.02.